The highest BCUT2D eigenvalue weighted by atomic mass is 19.3. The molecule has 1 atom stereocenters. The molecular formula is C42H53F3N10O5. The number of fused-ring (bicyclic) bond motifs is 1. The van der Waals surface area contributed by atoms with Crippen LogP contribution in [0.2, 0.25) is 0 Å². The SMILES string of the molecule is CCN1CC(F)(F)C(=O)N(C)c2cnc(Nc3ccc(C(=O)NC4CCC(N(C)CC5CCN(c6ccc(NC7CCC(=O)NC7=O)cc6F)CC5)CC4)cc3OC)nc21. The highest BCUT2D eigenvalue weighted by molar-refractivity contribution is 6.02. The van der Waals surface area contributed by atoms with E-state index in [0.29, 0.717) is 46.8 Å². The number of nitrogens with one attached hydrogen (secondary N) is 4. The van der Waals surface area contributed by atoms with Crippen LogP contribution >= 0.6 is 0 Å². The molecule has 7 rings (SSSR count). The number of carbonyl (C=O) groups excluding carboxylic acids is 4. The van der Waals surface area contributed by atoms with Crippen molar-refractivity contribution in [2.24, 2.45) is 5.92 Å². The number of aromatic nitrogens is 2. The zero-order valence-electron chi connectivity index (χ0n) is 34.4. The molecule has 0 bridgehead atoms. The zero-order valence-corrected chi connectivity index (χ0v) is 34.4. The third-order valence-corrected chi connectivity index (χ3v) is 12.2. The second-order valence-electron chi connectivity index (χ2n) is 16.2. The molecule has 1 unspecified atom stereocenters. The van der Waals surface area contributed by atoms with E-state index in [0.717, 1.165) is 63.1 Å². The Bertz CT molecular complexity index is 2090. The summed E-state index contributed by atoms with van der Waals surface area (Å²) in [5.41, 5.74) is 2.12. The van der Waals surface area contributed by atoms with Crippen molar-refractivity contribution in [1.82, 2.24) is 25.5 Å². The van der Waals surface area contributed by atoms with Crippen molar-refractivity contribution in [2.45, 2.75) is 82.3 Å². The molecule has 4 amide bonds. The number of hydrogen-bond donors (Lipinski definition) is 4. The van der Waals surface area contributed by atoms with Crippen molar-refractivity contribution in [2.75, 3.05) is 79.3 Å². The molecule has 2 aromatic carbocycles. The smallest absolute Gasteiger partial charge is 0.342 e. The van der Waals surface area contributed by atoms with Crippen LogP contribution < -0.4 is 40.7 Å². The summed E-state index contributed by atoms with van der Waals surface area (Å²) in [6, 6.07) is 9.79. The Hall–Kier alpha value is -5.65. The Labute approximate surface area is 347 Å². The fourth-order valence-corrected chi connectivity index (χ4v) is 8.68. The van der Waals surface area contributed by atoms with Crippen LogP contribution in [0.25, 0.3) is 0 Å². The van der Waals surface area contributed by atoms with Gasteiger partial charge in [0.2, 0.25) is 17.8 Å². The van der Waals surface area contributed by atoms with Gasteiger partial charge in [0.25, 0.3) is 11.8 Å². The molecule has 0 spiro atoms. The number of ether oxygens (including phenoxy) is 1. The summed E-state index contributed by atoms with van der Waals surface area (Å²) >= 11 is 0. The van der Waals surface area contributed by atoms with Crippen LogP contribution in [0, 0.1) is 11.7 Å². The Morgan fingerprint density at radius 3 is 2.45 bits per heavy atom. The van der Waals surface area contributed by atoms with Gasteiger partial charge in [0, 0.05) is 63.0 Å². The van der Waals surface area contributed by atoms with E-state index in [1.54, 1.807) is 37.3 Å². The molecule has 3 aliphatic heterocycles. The molecule has 4 aliphatic rings. The van der Waals surface area contributed by atoms with Gasteiger partial charge in [-0.3, -0.25) is 24.5 Å². The molecule has 4 N–H and O–H groups in total. The van der Waals surface area contributed by atoms with Gasteiger partial charge in [-0.2, -0.15) is 13.8 Å². The zero-order chi connectivity index (χ0) is 42.7. The van der Waals surface area contributed by atoms with Gasteiger partial charge in [-0.05, 0) is 101 Å². The largest absolute Gasteiger partial charge is 0.495 e. The second kappa shape index (κ2) is 17.9. The first-order valence-corrected chi connectivity index (χ1v) is 20.6. The van der Waals surface area contributed by atoms with E-state index < -0.39 is 30.3 Å². The van der Waals surface area contributed by atoms with E-state index in [2.05, 4.69) is 48.1 Å². The van der Waals surface area contributed by atoms with Crippen LogP contribution in [0.15, 0.2) is 42.6 Å². The molecule has 322 valence electrons. The number of hydrogen-bond acceptors (Lipinski definition) is 12. The highest BCUT2D eigenvalue weighted by Gasteiger charge is 2.47. The number of amides is 4. The molecule has 3 aromatic rings. The first kappa shape index (κ1) is 42.5. The van der Waals surface area contributed by atoms with Crippen LogP contribution in [0.5, 0.6) is 5.75 Å². The van der Waals surface area contributed by atoms with Gasteiger partial charge < -0.3 is 40.3 Å². The Balaban J connectivity index is 0.865. The molecule has 1 aromatic heterocycles. The average Bonchev–Trinajstić information content (AvgIpc) is 3.30. The molecule has 60 heavy (non-hydrogen) atoms. The fourth-order valence-electron chi connectivity index (χ4n) is 8.68. The summed E-state index contributed by atoms with van der Waals surface area (Å²) in [6.45, 7) is 3.55. The predicted octanol–water partition coefficient (Wildman–Crippen LogP) is 4.91. The number of halogens is 3. The van der Waals surface area contributed by atoms with Crippen LogP contribution in [0.4, 0.5) is 47.7 Å². The van der Waals surface area contributed by atoms with Crippen LogP contribution in [0.1, 0.15) is 68.6 Å². The second-order valence-corrected chi connectivity index (χ2v) is 16.2. The molecule has 1 aliphatic carbocycles. The summed E-state index contributed by atoms with van der Waals surface area (Å²) in [6.07, 6.45) is 7.45. The first-order valence-electron chi connectivity index (χ1n) is 20.6. The molecule has 18 heteroatoms. The van der Waals surface area contributed by atoms with E-state index >= 15 is 4.39 Å². The fraction of sp³-hybridized carbons (Fsp3) is 0.524. The lowest BCUT2D eigenvalue weighted by atomic mass is 9.88. The first-order chi connectivity index (χ1) is 28.7. The summed E-state index contributed by atoms with van der Waals surface area (Å²) in [7, 11) is 4.92. The molecular weight excluding hydrogens is 782 g/mol. The number of nitrogens with zero attached hydrogens (tertiary/aromatic N) is 6. The van der Waals surface area contributed by atoms with Crippen molar-refractivity contribution >= 4 is 58.1 Å². The minimum atomic E-state index is -3.58. The van der Waals surface area contributed by atoms with Gasteiger partial charge >= 0.3 is 5.92 Å². The number of carbonyl (C=O) groups is 4. The topological polar surface area (TPSA) is 164 Å². The summed E-state index contributed by atoms with van der Waals surface area (Å²) < 4.78 is 50.0. The highest BCUT2D eigenvalue weighted by Crippen LogP contribution is 2.37. The van der Waals surface area contributed by atoms with Crippen molar-refractivity contribution in [3.05, 3.63) is 54.0 Å². The van der Waals surface area contributed by atoms with Gasteiger partial charge in [-0.25, -0.2) is 9.37 Å². The number of rotatable bonds is 12. The number of methoxy groups -OCH3 is 1. The van der Waals surface area contributed by atoms with Crippen molar-refractivity contribution in [3.63, 3.8) is 0 Å². The van der Waals surface area contributed by atoms with Gasteiger partial charge in [0.1, 0.15) is 23.3 Å². The van der Waals surface area contributed by atoms with E-state index in [1.165, 1.54) is 31.3 Å². The van der Waals surface area contributed by atoms with Gasteiger partial charge in [0.15, 0.2) is 5.82 Å². The molecule has 4 heterocycles. The van der Waals surface area contributed by atoms with E-state index in [1.807, 2.05) is 0 Å². The standard InChI is InChI=1S/C42H53F3N10O5/c1-5-54-24-42(44,45)40(59)53(3)34-22-46-41(51-37(34)54)49-31-12-6-26(20-35(31)60-4)38(57)48-27-7-10-29(11-8-27)52(2)23-25-16-18-55(19-17-25)33-14-9-28(21-30(33)43)47-32-13-15-36(56)50-39(32)58/h6,9,12,14,20-22,25,27,29,32,47H,5,7-8,10-11,13,15-19,23-24H2,1-4H3,(H,48,57)(H,46,49,51)(H,50,56,58). The number of imide groups is 1. The van der Waals surface area contributed by atoms with Gasteiger partial charge in [-0.1, -0.05) is 0 Å². The average molecular weight is 835 g/mol. The summed E-state index contributed by atoms with van der Waals surface area (Å²) in [5.74, 6) is -4.99. The monoisotopic (exact) mass is 834 g/mol. The van der Waals surface area contributed by atoms with E-state index in [9.17, 15) is 28.0 Å². The predicted molar refractivity (Wildman–Crippen MR) is 222 cm³/mol. The van der Waals surface area contributed by atoms with Crippen molar-refractivity contribution < 1.29 is 37.1 Å². The van der Waals surface area contributed by atoms with Crippen LogP contribution in [0.3, 0.4) is 0 Å². The lowest BCUT2D eigenvalue weighted by molar-refractivity contribution is -0.140. The maximum absolute atomic E-state index is 15.2. The maximum atomic E-state index is 15.2. The van der Waals surface area contributed by atoms with Crippen LogP contribution in [-0.2, 0) is 14.4 Å². The quantitative estimate of drug-likeness (QED) is 0.183. The molecule has 2 saturated heterocycles. The number of benzene rings is 2. The maximum Gasteiger partial charge on any atom is 0.342 e. The molecule has 15 nitrogen and oxygen atoms in total. The lowest BCUT2D eigenvalue weighted by Crippen LogP contribution is -2.47. The minimum absolute atomic E-state index is 0.0292. The molecule has 1 saturated carbocycles. The Morgan fingerprint density at radius 2 is 1.77 bits per heavy atom. The third kappa shape index (κ3) is 9.37. The summed E-state index contributed by atoms with van der Waals surface area (Å²) in [4.78, 5) is 64.8. The summed E-state index contributed by atoms with van der Waals surface area (Å²) in [5, 5.41) is 11.6. The molecule has 0 radical (unpaired) electrons. The third-order valence-electron chi connectivity index (χ3n) is 12.2. The Kier molecular flexibility index (Phi) is 12.7. The normalized spacial score (nSPS) is 22.2. The number of anilines is 6. The van der Waals surface area contributed by atoms with E-state index in [-0.39, 0.29) is 54.1 Å². The minimum Gasteiger partial charge on any atom is -0.495 e. The van der Waals surface area contributed by atoms with Crippen molar-refractivity contribution in [1.29, 1.82) is 0 Å². The van der Waals surface area contributed by atoms with E-state index in [4.69, 9.17) is 4.74 Å². The lowest BCUT2D eigenvalue weighted by Gasteiger charge is -2.39. The van der Waals surface area contributed by atoms with Gasteiger partial charge in [-0.15, -0.1) is 0 Å². The number of piperidine rings is 2. The van der Waals surface area contributed by atoms with Crippen LogP contribution in [-0.4, -0.2) is 116 Å². The van der Waals surface area contributed by atoms with Gasteiger partial charge in [0.05, 0.1) is 31.2 Å². The molecule has 3 fully saturated rings. The van der Waals surface area contributed by atoms with Crippen molar-refractivity contribution in [3.8, 4) is 5.75 Å². The number of alkyl halides is 2. The Morgan fingerprint density at radius 1 is 1.02 bits per heavy atom.